The van der Waals surface area contributed by atoms with Crippen molar-refractivity contribution in [3.05, 3.63) is 35.9 Å². The minimum absolute atomic E-state index is 0.279. The highest BCUT2D eigenvalue weighted by atomic mass is 16.2. The second-order valence-corrected chi connectivity index (χ2v) is 5.49. The maximum Gasteiger partial charge on any atom is 0.223 e. The number of hydrogen-bond acceptors (Lipinski definition) is 2. The van der Waals surface area contributed by atoms with Crippen LogP contribution < -0.4 is 5.32 Å². The van der Waals surface area contributed by atoms with Crippen LogP contribution in [0.15, 0.2) is 30.3 Å². The van der Waals surface area contributed by atoms with Crippen LogP contribution in [0, 0.1) is 5.92 Å². The number of carbonyl (C=O) groups excluding carboxylic acids is 1. The largest absolute Gasteiger partial charge is 0.352 e. The van der Waals surface area contributed by atoms with E-state index in [9.17, 15) is 4.79 Å². The third kappa shape index (κ3) is 2.91. The van der Waals surface area contributed by atoms with Crippen LogP contribution in [0.3, 0.4) is 0 Å². The van der Waals surface area contributed by atoms with Crippen LogP contribution in [-0.2, 0) is 11.3 Å². The number of benzene rings is 1. The Kier molecular flexibility index (Phi) is 3.33. The second kappa shape index (κ2) is 5.11. The molecule has 1 amide bonds. The summed E-state index contributed by atoms with van der Waals surface area (Å²) in [4.78, 5) is 14.1. The van der Waals surface area contributed by atoms with Gasteiger partial charge in [-0.2, -0.15) is 0 Å². The maximum absolute atomic E-state index is 11.7. The molecular formula is C15H20N2O. The highest BCUT2D eigenvalue weighted by molar-refractivity contribution is 5.81. The second-order valence-electron chi connectivity index (χ2n) is 5.49. The molecule has 1 aliphatic heterocycles. The van der Waals surface area contributed by atoms with Gasteiger partial charge in [-0.1, -0.05) is 30.3 Å². The summed E-state index contributed by atoms with van der Waals surface area (Å²) in [6, 6.07) is 10.9. The van der Waals surface area contributed by atoms with Crippen molar-refractivity contribution in [3.63, 3.8) is 0 Å². The number of nitrogens with zero attached hydrogens (tertiary/aromatic N) is 1. The first-order valence-electron chi connectivity index (χ1n) is 6.88. The first-order chi connectivity index (χ1) is 8.81. The molecule has 0 spiro atoms. The lowest BCUT2D eigenvalue weighted by molar-refractivity contribution is -0.122. The molecule has 0 bridgehead atoms. The number of hydrogen-bond donors (Lipinski definition) is 1. The molecule has 3 rings (SSSR count). The SMILES string of the molecule is O=C(N[C@H]1CCN(Cc2ccccc2)C1)C1CC1. The molecule has 1 aromatic rings. The Bertz CT molecular complexity index is 414. The Morgan fingerprint density at radius 1 is 1.22 bits per heavy atom. The van der Waals surface area contributed by atoms with Gasteiger partial charge >= 0.3 is 0 Å². The van der Waals surface area contributed by atoms with E-state index in [4.69, 9.17) is 0 Å². The van der Waals surface area contributed by atoms with Crippen LogP contribution in [0.2, 0.25) is 0 Å². The topological polar surface area (TPSA) is 32.3 Å². The zero-order chi connectivity index (χ0) is 12.4. The molecule has 1 saturated heterocycles. The summed E-state index contributed by atoms with van der Waals surface area (Å²) < 4.78 is 0. The Balaban J connectivity index is 1.47. The Morgan fingerprint density at radius 2 is 2.00 bits per heavy atom. The monoisotopic (exact) mass is 244 g/mol. The van der Waals surface area contributed by atoms with Gasteiger partial charge in [0.2, 0.25) is 5.91 Å². The fourth-order valence-electron chi connectivity index (χ4n) is 2.60. The summed E-state index contributed by atoms with van der Waals surface area (Å²) in [6.45, 7) is 3.08. The molecule has 0 radical (unpaired) electrons. The first-order valence-corrected chi connectivity index (χ1v) is 6.88. The minimum atomic E-state index is 0.279. The van der Waals surface area contributed by atoms with Gasteiger partial charge in [0.25, 0.3) is 0 Å². The van der Waals surface area contributed by atoms with Crippen molar-refractivity contribution in [3.8, 4) is 0 Å². The van der Waals surface area contributed by atoms with E-state index in [0.29, 0.717) is 12.0 Å². The fraction of sp³-hybridized carbons (Fsp3) is 0.533. The summed E-state index contributed by atoms with van der Waals surface area (Å²) >= 11 is 0. The molecule has 2 aliphatic rings. The molecule has 96 valence electrons. The number of amides is 1. The molecule has 1 heterocycles. The molecule has 3 nitrogen and oxygen atoms in total. The summed E-state index contributed by atoms with van der Waals surface area (Å²) in [5, 5.41) is 3.18. The van der Waals surface area contributed by atoms with E-state index in [1.165, 1.54) is 5.56 Å². The van der Waals surface area contributed by atoms with Crippen molar-refractivity contribution in [1.82, 2.24) is 10.2 Å². The Labute approximate surface area is 108 Å². The van der Waals surface area contributed by atoms with E-state index in [1.54, 1.807) is 0 Å². The third-order valence-electron chi connectivity index (χ3n) is 3.82. The van der Waals surface area contributed by atoms with E-state index < -0.39 is 0 Å². The highest BCUT2D eigenvalue weighted by Gasteiger charge is 2.32. The van der Waals surface area contributed by atoms with Crippen molar-refractivity contribution in [2.45, 2.75) is 31.8 Å². The van der Waals surface area contributed by atoms with Crippen molar-refractivity contribution in [2.24, 2.45) is 5.92 Å². The molecule has 2 fully saturated rings. The van der Waals surface area contributed by atoms with E-state index in [1.807, 2.05) is 6.07 Å². The van der Waals surface area contributed by atoms with Gasteiger partial charge in [0, 0.05) is 31.6 Å². The van der Waals surface area contributed by atoms with Gasteiger partial charge in [0.1, 0.15) is 0 Å². The molecule has 1 aliphatic carbocycles. The predicted octanol–water partition coefficient (Wildman–Crippen LogP) is 1.79. The first kappa shape index (κ1) is 11.7. The number of rotatable bonds is 4. The molecule has 1 atom stereocenters. The van der Waals surface area contributed by atoms with E-state index in [2.05, 4.69) is 34.5 Å². The molecule has 0 aromatic heterocycles. The van der Waals surface area contributed by atoms with Crippen LogP contribution in [0.4, 0.5) is 0 Å². The van der Waals surface area contributed by atoms with Crippen LogP contribution in [0.5, 0.6) is 0 Å². The number of nitrogens with one attached hydrogen (secondary N) is 1. The Hall–Kier alpha value is -1.35. The zero-order valence-corrected chi connectivity index (χ0v) is 10.6. The predicted molar refractivity (Wildman–Crippen MR) is 71.0 cm³/mol. The highest BCUT2D eigenvalue weighted by Crippen LogP contribution is 2.29. The standard InChI is InChI=1S/C15H20N2O/c18-15(13-6-7-13)16-14-8-9-17(11-14)10-12-4-2-1-3-5-12/h1-5,13-14H,6-11H2,(H,16,18)/t14-/m0/s1. The Morgan fingerprint density at radius 3 is 2.72 bits per heavy atom. The normalized spacial score (nSPS) is 24.1. The van der Waals surface area contributed by atoms with Crippen molar-refractivity contribution < 1.29 is 4.79 Å². The third-order valence-corrected chi connectivity index (χ3v) is 3.82. The lowest BCUT2D eigenvalue weighted by Crippen LogP contribution is -2.37. The molecule has 3 heteroatoms. The van der Waals surface area contributed by atoms with Crippen molar-refractivity contribution in [1.29, 1.82) is 0 Å². The molecule has 0 unspecified atom stereocenters. The summed E-state index contributed by atoms with van der Waals surface area (Å²) in [5.74, 6) is 0.606. The number of carbonyl (C=O) groups is 1. The lowest BCUT2D eigenvalue weighted by atomic mass is 10.2. The summed E-state index contributed by atoms with van der Waals surface area (Å²) in [5.41, 5.74) is 1.35. The average Bonchev–Trinajstić information content (AvgIpc) is 3.15. The minimum Gasteiger partial charge on any atom is -0.352 e. The van der Waals surface area contributed by atoms with Gasteiger partial charge in [0.15, 0.2) is 0 Å². The zero-order valence-electron chi connectivity index (χ0n) is 10.6. The van der Waals surface area contributed by atoms with Crippen molar-refractivity contribution >= 4 is 5.91 Å². The molecule has 1 saturated carbocycles. The van der Waals surface area contributed by atoms with Crippen molar-refractivity contribution in [2.75, 3.05) is 13.1 Å². The van der Waals surface area contributed by atoms with Crippen LogP contribution in [-0.4, -0.2) is 29.9 Å². The smallest absolute Gasteiger partial charge is 0.223 e. The van der Waals surface area contributed by atoms with Crippen LogP contribution in [0.1, 0.15) is 24.8 Å². The summed E-state index contributed by atoms with van der Waals surface area (Å²) in [7, 11) is 0. The van der Waals surface area contributed by atoms with Crippen LogP contribution in [0.25, 0.3) is 0 Å². The quantitative estimate of drug-likeness (QED) is 0.875. The van der Waals surface area contributed by atoms with Gasteiger partial charge < -0.3 is 5.32 Å². The van der Waals surface area contributed by atoms with E-state index in [0.717, 1.165) is 38.9 Å². The molecule has 1 aromatic carbocycles. The number of likely N-dealkylation sites (tertiary alicyclic amines) is 1. The van der Waals surface area contributed by atoms with E-state index >= 15 is 0 Å². The summed E-state index contributed by atoms with van der Waals surface area (Å²) in [6.07, 6.45) is 3.27. The fourth-order valence-corrected chi connectivity index (χ4v) is 2.60. The average molecular weight is 244 g/mol. The maximum atomic E-state index is 11.7. The van der Waals surface area contributed by atoms with Gasteiger partial charge in [-0.05, 0) is 24.8 Å². The van der Waals surface area contributed by atoms with Gasteiger partial charge in [-0.25, -0.2) is 0 Å². The van der Waals surface area contributed by atoms with Gasteiger partial charge in [-0.15, -0.1) is 0 Å². The molecular weight excluding hydrogens is 224 g/mol. The van der Waals surface area contributed by atoms with Gasteiger partial charge in [0.05, 0.1) is 0 Å². The molecule has 18 heavy (non-hydrogen) atoms. The van der Waals surface area contributed by atoms with Crippen LogP contribution >= 0.6 is 0 Å². The van der Waals surface area contributed by atoms with E-state index in [-0.39, 0.29) is 5.91 Å². The van der Waals surface area contributed by atoms with Gasteiger partial charge in [-0.3, -0.25) is 9.69 Å². The molecule has 1 N–H and O–H groups in total. The lowest BCUT2D eigenvalue weighted by Gasteiger charge is -2.16.